The number of imidazole rings is 1. The SMILES string of the molecule is CCc1[nH]c2c(CNC(=O)c3ccc4c(c3)ncn4CCO)cc(C)cc2c1C. The molecule has 0 bridgehead atoms. The van der Waals surface area contributed by atoms with Crippen LogP contribution in [-0.2, 0) is 19.5 Å². The van der Waals surface area contributed by atoms with Crippen LogP contribution in [0, 0.1) is 13.8 Å². The van der Waals surface area contributed by atoms with Crippen molar-refractivity contribution in [2.75, 3.05) is 6.61 Å². The number of amides is 1. The van der Waals surface area contributed by atoms with Crippen molar-refractivity contribution in [1.82, 2.24) is 19.9 Å². The number of benzene rings is 2. The Morgan fingerprint density at radius 3 is 2.83 bits per heavy atom. The summed E-state index contributed by atoms with van der Waals surface area (Å²) >= 11 is 0. The van der Waals surface area contributed by atoms with Gasteiger partial charge >= 0.3 is 0 Å². The zero-order valence-corrected chi connectivity index (χ0v) is 17.0. The van der Waals surface area contributed by atoms with Gasteiger partial charge in [0.25, 0.3) is 5.91 Å². The van der Waals surface area contributed by atoms with Crippen LogP contribution in [0.25, 0.3) is 21.9 Å². The molecule has 2 aromatic heterocycles. The molecule has 4 rings (SSSR count). The number of hydrogen-bond donors (Lipinski definition) is 3. The van der Waals surface area contributed by atoms with Crippen LogP contribution in [0.15, 0.2) is 36.7 Å². The van der Waals surface area contributed by atoms with Crippen molar-refractivity contribution in [1.29, 1.82) is 0 Å². The molecule has 150 valence electrons. The summed E-state index contributed by atoms with van der Waals surface area (Å²) in [6.07, 6.45) is 2.64. The Hall–Kier alpha value is -3.12. The first-order valence-electron chi connectivity index (χ1n) is 9.96. The van der Waals surface area contributed by atoms with E-state index in [4.69, 9.17) is 5.11 Å². The van der Waals surface area contributed by atoms with E-state index >= 15 is 0 Å². The van der Waals surface area contributed by atoms with Gasteiger partial charge < -0.3 is 20.0 Å². The topological polar surface area (TPSA) is 82.9 Å². The predicted molar refractivity (Wildman–Crippen MR) is 115 cm³/mol. The number of aliphatic hydroxyl groups is 1. The van der Waals surface area contributed by atoms with Crippen LogP contribution in [0.3, 0.4) is 0 Å². The average molecular weight is 390 g/mol. The summed E-state index contributed by atoms with van der Waals surface area (Å²) in [6.45, 7) is 7.36. The van der Waals surface area contributed by atoms with E-state index in [0.29, 0.717) is 18.7 Å². The third-order valence-electron chi connectivity index (χ3n) is 5.51. The third-order valence-corrected chi connectivity index (χ3v) is 5.51. The third kappa shape index (κ3) is 3.51. The van der Waals surface area contributed by atoms with Gasteiger partial charge in [-0.25, -0.2) is 4.98 Å². The van der Waals surface area contributed by atoms with Crippen LogP contribution < -0.4 is 5.32 Å². The standard InChI is InChI=1S/C23H26N4O2/c1-4-19-15(3)18-10-14(2)9-17(22(18)26-19)12-24-23(29)16-5-6-21-20(11-16)25-13-27(21)7-8-28/h5-6,9-11,13,26,28H,4,7-8,12H2,1-3H3,(H,24,29). The van der Waals surface area contributed by atoms with Gasteiger partial charge in [-0.2, -0.15) is 0 Å². The number of H-pyrrole nitrogens is 1. The van der Waals surface area contributed by atoms with E-state index < -0.39 is 0 Å². The van der Waals surface area contributed by atoms with Gasteiger partial charge in [0.1, 0.15) is 0 Å². The number of aromatic nitrogens is 3. The van der Waals surface area contributed by atoms with Crippen molar-refractivity contribution in [2.45, 2.75) is 40.3 Å². The van der Waals surface area contributed by atoms with E-state index in [1.807, 2.05) is 10.6 Å². The van der Waals surface area contributed by atoms with Crippen LogP contribution in [0.2, 0.25) is 0 Å². The molecule has 0 radical (unpaired) electrons. The first-order valence-corrected chi connectivity index (χ1v) is 9.96. The zero-order valence-electron chi connectivity index (χ0n) is 17.0. The van der Waals surface area contributed by atoms with Gasteiger partial charge in [0, 0.05) is 29.7 Å². The molecular formula is C23H26N4O2. The normalized spacial score (nSPS) is 11.4. The number of hydrogen-bond acceptors (Lipinski definition) is 3. The Morgan fingerprint density at radius 2 is 2.07 bits per heavy atom. The number of aliphatic hydroxyl groups excluding tert-OH is 1. The van der Waals surface area contributed by atoms with Crippen molar-refractivity contribution in [2.24, 2.45) is 0 Å². The number of fused-ring (bicyclic) bond motifs is 2. The molecule has 0 atom stereocenters. The van der Waals surface area contributed by atoms with Crippen LogP contribution >= 0.6 is 0 Å². The smallest absolute Gasteiger partial charge is 0.251 e. The molecule has 2 aromatic carbocycles. The molecule has 0 aliphatic rings. The Labute approximate surface area is 169 Å². The summed E-state index contributed by atoms with van der Waals surface area (Å²) < 4.78 is 1.87. The molecule has 6 nitrogen and oxygen atoms in total. The molecule has 0 unspecified atom stereocenters. The van der Waals surface area contributed by atoms with E-state index in [-0.39, 0.29) is 12.5 Å². The van der Waals surface area contributed by atoms with Crippen molar-refractivity contribution >= 4 is 27.8 Å². The van der Waals surface area contributed by atoms with Gasteiger partial charge in [-0.3, -0.25) is 4.79 Å². The molecule has 0 aliphatic carbocycles. The second-order valence-electron chi connectivity index (χ2n) is 7.48. The van der Waals surface area contributed by atoms with Crippen LogP contribution in [0.4, 0.5) is 0 Å². The van der Waals surface area contributed by atoms with Crippen molar-refractivity contribution in [3.63, 3.8) is 0 Å². The highest BCUT2D eigenvalue weighted by molar-refractivity contribution is 5.97. The molecule has 4 aromatic rings. The molecule has 6 heteroatoms. The zero-order chi connectivity index (χ0) is 20.5. The Balaban J connectivity index is 1.57. The average Bonchev–Trinajstić information content (AvgIpc) is 3.27. The van der Waals surface area contributed by atoms with Crippen LogP contribution in [0.5, 0.6) is 0 Å². The lowest BCUT2D eigenvalue weighted by atomic mass is 10.0. The molecule has 0 fully saturated rings. The lowest BCUT2D eigenvalue weighted by Crippen LogP contribution is -2.23. The largest absolute Gasteiger partial charge is 0.395 e. The summed E-state index contributed by atoms with van der Waals surface area (Å²) in [5.74, 6) is -0.128. The minimum absolute atomic E-state index is 0.0522. The monoisotopic (exact) mass is 390 g/mol. The second-order valence-corrected chi connectivity index (χ2v) is 7.48. The molecule has 0 aliphatic heterocycles. The highest BCUT2D eigenvalue weighted by atomic mass is 16.3. The summed E-state index contributed by atoms with van der Waals surface area (Å²) in [5, 5.41) is 13.4. The van der Waals surface area contributed by atoms with E-state index in [1.54, 1.807) is 18.5 Å². The van der Waals surface area contributed by atoms with Crippen LogP contribution in [-0.4, -0.2) is 32.2 Å². The second kappa shape index (κ2) is 7.72. The number of carbonyl (C=O) groups excluding carboxylic acids is 1. The summed E-state index contributed by atoms with van der Waals surface area (Å²) in [4.78, 5) is 20.6. The number of aryl methyl sites for hydroxylation is 3. The first kappa shape index (κ1) is 19.2. The highest BCUT2D eigenvalue weighted by Gasteiger charge is 2.13. The molecule has 29 heavy (non-hydrogen) atoms. The maximum atomic E-state index is 12.7. The maximum Gasteiger partial charge on any atom is 0.251 e. The lowest BCUT2D eigenvalue weighted by Gasteiger charge is -2.09. The Morgan fingerprint density at radius 1 is 1.24 bits per heavy atom. The molecule has 0 spiro atoms. The quantitative estimate of drug-likeness (QED) is 0.470. The van der Waals surface area contributed by atoms with E-state index in [1.165, 1.54) is 22.2 Å². The number of carbonyl (C=O) groups is 1. The van der Waals surface area contributed by atoms with Crippen molar-refractivity contribution in [3.05, 3.63) is 64.6 Å². The van der Waals surface area contributed by atoms with Gasteiger partial charge in [-0.1, -0.05) is 18.6 Å². The fourth-order valence-corrected chi connectivity index (χ4v) is 3.97. The summed E-state index contributed by atoms with van der Waals surface area (Å²) in [6, 6.07) is 9.78. The minimum atomic E-state index is -0.128. The molecular weight excluding hydrogens is 364 g/mol. The molecule has 0 saturated carbocycles. The summed E-state index contributed by atoms with van der Waals surface area (Å²) in [5.41, 5.74) is 8.12. The van der Waals surface area contributed by atoms with Gasteiger partial charge in [-0.05, 0) is 55.7 Å². The molecule has 2 heterocycles. The lowest BCUT2D eigenvalue weighted by molar-refractivity contribution is 0.0951. The fraction of sp³-hybridized carbons (Fsp3) is 0.304. The number of rotatable bonds is 6. The number of nitrogens with one attached hydrogen (secondary N) is 2. The summed E-state index contributed by atoms with van der Waals surface area (Å²) in [7, 11) is 0. The number of aromatic amines is 1. The molecule has 0 saturated heterocycles. The van der Waals surface area contributed by atoms with E-state index in [0.717, 1.165) is 28.5 Å². The number of nitrogens with zero attached hydrogens (tertiary/aromatic N) is 2. The predicted octanol–water partition coefficient (Wildman–Crippen LogP) is 3.62. The first-order chi connectivity index (χ1) is 14.0. The molecule has 3 N–H and O–H groups in total. The van der Waals surface area contributed by atoms with Gasteiger partial charge in [0.2, 0.25) is 0 Å². The van der Waals surface area contributed by atoms with Gasteiger partial charge in [0.05, 0.1) is 29.5 Å². The van der Waals surface area contributed by atoms with E-state index in [2.05, 4.69) is 48.2 Å². The minimum Gasteiger partial charge on any atom is -0.395 e. The van der Waals surface area contributed by atoms with Crippen molar-refractivity contribution in [3.8, 4) is 0 Å². The van der Waals surface area contributed by atoms with Crippen molar-refractivity contribution < 1.29 is 9.90 Å². The van der Waals surface area contributed by atoms with Crippen LogP contribution in [0.1, 0.15) is 39.7 Å². The molecule has 1 amide bonds. The highest BCUT2D eigenvalue weighted by Crippen LogP contribution is 2.27. The van der Waals surface area contributed by atoms with Gasteiger partial charge in [0.15, 0.2) is 0 Å². The Kier molecular flexibility index (Phi) is 5.11. The van der Waals surface area contributed by atoms with Gasteiger partial charge in [-0.15, -0.1) is 0 Å². The fourth-order valence-electron chi connectivity index (χ4n) is 3.97. The van der Waals surface area contributed by atoms with E-state index in [9.17, 15) is 4.79 Å². The Bertz CT molecular complexity index is 1200. The maximum absolute atomic E-state index is 12.7.